The lowest BCUT2D eigenvalue weighted by Gasteiger charge is -2.31. The number of fused-ring (bicyclic) bond motifs is 1. The Labute approximate surface area is 183 Å². The van der Waals surface area contributed by atoms with E-state index in [2.05, 4.69) is 35.1 Å². The zero-order valence-electron chi connectivity index (χ0n) is 18.0. The largest absolute Gasteiger partial charge is 0.398 e. The fraction of sp³-hybridized carbons (Fsp3) is 0.269. The monoisotopic (exact) mass is 416 g/mol. The van der Waals surface area contributed by atoms with E-state index in [1.807, 2.05) is 36.2 Å². The number of rotatable bonds is 7. The Morgan fingerprint density at radius 3 is 2.81 bits per heavy atom. The minimum absolute atomic E-state index is 0.264. The molecule has 3 N–H and O–H groups in total. The molecule has 2 aliphatic rings. The summed E-state index contributed by atoms with van der Waals surface area (Å²) < 4.78 is 15.8. The van der Waals surface area contributed by atoms with Crippen LogP contribution in [0.1, 0.15) is 36.0 Å². The lowest BCUT2D eigenvalue weighted by Crippen LogP contribution is -2.25. The van der Waals surface area contributed by atoms with E-state index in [4.69, 9.17) is 5.73 Å². The first-order valence-corrected chi connectivity index (χ1v) is 10.8. The van der Waals surface area contributed by atoms with Gasteiger partial charge >= 0.3 is 0 Å². The van der Waals surface area contributed by atoms with Crippen LogP contribution in [0.4, 0.5) is 21.5 Å². The molecule has 1 aromatic carbocycles. The maximum atomic E-state index is 15.8. The van der Waals surface area contributed by atoms with Crippen molar-refractivity contribution in [2.45, 2.75) is 32.6 Å². The average Bonchev–Trinajstić information content (AvgIpc) is 2.80. The molecule has 0 saturated heterocycles. The van der Waals surface area contributed by atoms with E-state index in [9.17, 15) is 0 Å². The smallest absolute Gasteiger partial charge is 0.170 e. The Morgan fingerprint density at radius 1 is 1.26 bits per heavy atom. The first-order valence-electron chi connectivity index (χ1n) is 10.8. The number of benzene rings is 1. The van der Waals surface area contributed by atoms with Crippen molar-refractivity contribution in [3.63, 3.8) is 0 Å². The Kier molecular flexibility index (Phi) is 6.21. The van der Waals surface area contributed by atoms with Gasteiger partial charge in [0.05, 0.1) is 11.4 Å². The summed E-state index contributed by atoms with van der Waals surface area (Å²) >= 11 is 0. The van der Waals surface area contributed by atoms with Crippen LogP contribution in [0.2, 0.25) is 0 Å². The first kappa shape index (κ1) is 20.9. The molecule has 0 saturated carbocycles. The van der Waals surface area contributed by atoms with Gasteiger partial charge in [-0.3, -0.25) is 4.98 Å². The van der Waals surface area contributed by atoms with E-state index in [0.29, 0.717) is 35.7 Å². The molecule has 4 nitrogen and oxygen atoms in total. The van der Waals surface area contributed by atoms with Gasteiger partial charge in [-0.05, 0) is 67.5 Å². The van der Waals surface area contributed by atoms with Gasteiger partial charge in [-0.25, -0.2) is 4.39 Å². The summed E-state index contributed by atoms with van der Waals surface area (Å²) in [5, 5.41) is 3.29. The summed E-state index contributed by atoms with van der Waals surface area (Å²) in [5.41, 5.74) is 12.8. The summed E-state index contributed by atoms with van der Waals surface area (Å²) in [5.74, 6) is -0.264. The quantitative estimate of drug-likeness (QED) is 0.562. The van der Waals surface area contributed by atoms with Crippen LogP contribution in [0.3, 0.4) is 0 Å². The van der Waals surface area contributed by atoms with E-state index in [1.165, 1.54) is 5.57 Å². The molecule has 0 spiro atoms. The third-order valence-corrected chi connectivity index (χ3v) is 6.02. The molecule has 4 rings (SSSR count). The van der Waals surface area contributed by atoms with Gasteiger partial charge in [0.1, 0.15) is 0 Å². The average molecular weight is 417 g/mol. The van der Waals surface area contributed by atoms with E-state index in [0.717, 1.165) is 42.4 Å². The summed E-state index contributed by atoms with van der Waals surface area (Å²) in [6.45, 7) is 7.28. The predicted molar refractivity (Wildman–Crippen MR) is 129 cm³/mol. The molecule has 31 heavy (non-hydrogen) atoms. The first-order chi connectivity index (χ1) is 15.1. The molecule has 1 aromatic heterocycles. The molecular formula is C26H29FN4. The van der Waals surface area contributed by atoms with E-state index in [-0.39, 0.29) is 5.82 Å². The number of nitrogens with zero attached hydrogens (tertiary/aromatic N) is 2. The third-order valence-electron chi connectivity index (χ3n) is 6.02. The number of halogens is 1. The molecule has 5 heteroatoms. The maximum Gasteiger partial charge on any atom is 0.170 e. The number of allylic oxidation sites excluding steroid dienone is 5. The van der Waals surface area contributed by atoms with E-state index < -0.39 is 0 Å². The maximum absolute atomic E-state index is 15.8. The number of nitrogens with two attached hydrogens (primary N) is 1. The van der Waals surface area contributed by atoms with Gasteiger partial charge in [0.25, 0.3) is 0 Å². The minimum Gasteiger partial charge on any atom is -0.398 e. The van der Waals surface area contributed by atoms with Crippen LogP contribution in [0.5, 0.6) is 0 Å². The number of pyridine rings is 1. The third kappa shape index (κ3) is 4.41. The standard InChI is InChI=1S/C26H29FN4/c1-18-11-16-31(17-12-20-6-4-3-5-7-20)26-22(18)24(28)19(2)25(23(26)27)30-15-10-21-8-13-29-14-9-21/h3-4,6,8-9,11,13-14,16,30H,1,5,7,10,12,15,17,28H2,2H3. The van der Waals surface area contributed by atoms with Gasteiger partial charge in [-0.1, -0.05) is 30.4 Å². The topological polar surface area (TPSA) is 54.2 Å². The molecule has 2 heterocycles. The lowest BCUT2D eigenvalue weighted by atomic mass is 9.94. The van der Waals surface area contributed by atoms with Gasteiger partial charge in [-0.2, -0.15) is 0 Å². The normalized spacial score (nSPS) is 15.1. The van der Waals surface area contributed by atoms with Crippen molar-refractivity contribution in [2.24, 2.45) is 0 Å². The number of nitrogen functional groups attached to an aromatic ring is 1. The van der Waals surface area contributed by atoms with E-state index >= 15 is 4.39 Å². The molecule has 0 radical (unpaired) electrons. The number of hydrogen-bond donors (Lipinski definition) is 2. The van der Waals surface area contributed by atoms with Crippen molar-refractivity contribution in [2.75, 3.05) is 29.0 Å². The van der Waals surface area contributed by atoms with Crippen molar-refractivity contribution in [3.8, 4) is 0 Å². The lowest BCUT2D eigenvalue weighted by molar-refractivity contribution is 0.624. The minimum atomic E-state index is -0.264. The highest BCUT2D eigenvalue weighted by atomic mass is 19.1. The van der Waals surface area contributed by atoms with Crippen LogP contribution in [0.25, 0.3) is 5.57 Å². The number of hydrogen-bond acceptors (Lipinski definition) is 4. The highest BCUT2D eigenvalue weighted by Crippen LogP contribution is 2.44. The molecular weight excluding hydrogens is 387 g/mol. The molecule has 2 aromatic rings. The Bertz CT molecular complexity index is 1070. The molecule has 0 bridgehead atoms. The van der Waals surface area contributed by atoms with Crippen LogP contribution in [0, 0.1) is 12.7 Å². The number of anilines is 3. The predicted octanol–water partition coefficient (Wildman–Crippen LogP) is 5.78. The van der Waals surface area contributed by atoms with Gasteiger partial charge in [-0.15, -0.1) is 0 Å². The molecule has 160 valence electrons. The van der Waals surface area contributed by atoms with Crippen LogP contribution < -0.4 is 16.0 Å². The fourth-order valence-corrected chi connectivity index (χ4v) is 4.18. The van der Waals surface area contributed by atoms with Gasteiger partial charge < -0.3 is 16.0 Å². The number of aromatic nitrogens is 1. The van der Waals surface area contributed by atoms with Gasteiger partial charge in [0.2, 0.25) is 0 Å². The second-order valence-electron chi connectivity index (χ2n) is 8.06. The summed E-state index contributed by atoms with van der Waals surface area (Å²) in [4.78, 5) is 6.02. The molecule has 0 amide bonds. The molecule has 0 unspecified atom stereocenters. The SMILES string of the molecule is C=C1C=CN(CCC2=CC=CCC2)c2c(F)c(NCCc3ccncc3)c(C)c(N)c21. The second kappa shape index (κ2) is 9.21. The zero-order valence-corrected chi connectivity index (χ0v) is 18.0. The second-order valence-corrected chi connectivity index (χ2v) is 8.06. The van der Waals surface area contributed by atoms with Crippen molar-refractivity contribution >= 4 is 22.6 Å². The summed E-state index contributed by atoms with van der Waals surface area (Å²) in [7, 11) is 0. The fourth-order valence-electron chi connectivity index (χ4n) is 4.18. The van der Waals surface area contributed by atoms with Crippen molar-refractivity contribution in [3.05, 3.63) is 89.7 Å². The molecule has 0 atom stereocenters. The van der Waals surface area contributed by atoms with Crippen molar-refractivity contribution in [1.29, 1.82) is 0 Å². The van der Waals surface area contributed by atoms with Crippen LogP contribution in [-0.2, 0) is 6.42 Å². The Morgan fingerprint density at radius 2 is 2.06 bits per heavy atom. The highest BCUT2D eigenvalue weighted by molar-refractivity contribution is 5.95. The van der Waals surface area contributed by atoms with Crippen molar-refractivity contribution in [1.82, 2.24) is 4.98 Å². The van der Waals surface area contributed by atoms with E-state index in [1.54, 1.807) is 12.4 Å². The van der Waals surface area contributed by atoms with Crippen molar-refractivity contribution < 1.29 is 4.39 Å². The molecule has 1 aliphatic carbocycles. The summed E-state index contributed by atoms with van der Waals surface area (Å²) in [6, 6.07) is 3.94. The molecule has 1 aliphatic heterocycles. The van der Waals surface area contributed by atoms with Crippen LogP contribution in [0.15, 0.2) is 67.2 Å². The highest BCUT2D eigenvalue weighted by Gasteiger charge is 2.27. The Balaban J connectivity index is 1.59. The van der Waals surface area contributed by atoms with Gasteiger partial charge in [0, 0.05) is 42.9 Å². The van der Waals surface area contributed by atoms with Crippen LogP contribution >= 0.6 is 0 Å². The van der Waals surface area contributed by atoms with Crippen LogP contribution in [-0.4, -0.2) is 18.1 Å². The molecule has 0 fully saturated rings. The number of nitrogens with one attached hydrogen (secondary N) is 1. The Hall–Kier alpha value is -3.34. The zero-order chi connectivity index (χ0) is 21.8. The summed E-state index contributed by atoms with van der Waals surface area (Å²) in [6.07, 6.45) is 17.6. The van der Waals surface area contributed by atoms with Gasteiger partial charge in [0.15, 0.2) is 5.82 Å².